The molecule has 2 heterocycles. The molecule has 0 radical (unpaired) electrons. The van der Waals surface area contributed by atoms with Gasteiger partial charge < -0.3 is 9.80 Å². The van der Waals surface area contributed by atoms with Crippen LogP contribution < -0.4 is 4.90 Å². The number of carbonyl (C=O) groups excluding carboxylic acids is 1. The number of anilines is 1. The second kappa shape index (κ2) is 4.06. The standard InChI is InChI=1S/C14H18N2O/c1-11(17)15-7-12-9-16(10-13(12)8-15)14-5-3-2-4-6-14/h2-6,12-13H,7-10H2,1H3. The number of rotatable bonds is 1. The number of amides is 1. The van der Waals surface area contributed by atoms with Gasteiger partial charge in [0.25, 0.3) is 0 Å². The van der Waals surface area contributed by atoms with E-state index in [4.69, 9.17) is 0 Å². The van der Waals surface area contributed by atoms with Crippen molar-refractivity contribution < 1.29 is 4.79 Å². The van der Waals surface area contributed by atoms with E-state index in [1.807, 2.05) is 4.90 Å². The zero-order valence-corrected chi connectivity index (χ0v) is 10.2. The maximum absolute atomic E-state index is 11.3. The summed E-state index contributed by atoms with van der Waals surface area (Å²) in [5.41, 5.74) is 1.32. The SMILES string of the molecule is CC(=O)N1CC2CN(c3ccccc3)CC2C1. The van der Waals surface area contributed by atoms with Crippen LogP contribution in [0.4, 0.5) is 5.69 Å². The van der Waals surface area contributed by atoms with Crippen LogP contribution in [-0.2, 0) is 4.79 Å². The van der Waals surface area contributed by atoms with Gasteiger partial charge in [0.1, 0.15) is 0 Å². The molecule has 2 atom stereocenters. The third kappa shape index (κ3) is 1.90. The molecule has 2 saturated heterocycles. The first kappa shape index (κ1) is 10.6. The molecular weight excluding hydrogens is 212 g/mol. The summed E-state index contributed by atoms with van der Waals surface area (Å²) in [6.45, 7) is 5.76. The fourth-order valence-corrected chi connectivity index (χ4v) is 3.10. The van der Waals surface area contributed by atoms with Gasteiger partial charge in [0, 0.05) is 50.6 Å². The Morgan fingerprint density at radius 1 is 1.06 bits per heavy atom. The number of fused-ring (bicyclic) bond motifs is 1. The highest BCUT2D eigenvalue weighted by molar-refractivity contribution is 5.73. The van der Waals surface area contributed by atoms with Gasteiger partial charge in [-0.1, -0.05) is 18.2 Å². The molecule has 1 amide bonds. The lowest BCUT2D eigenvalue weighted by molar-refractivity contribution is -0.128. The minimum absolute atomic E-state index is 0.227. The monoisotopic (exact) mass is 230 g/mol. The number of carbonyl (C=O) groups is 1. The number of nitrogens with zero attached hydrogens (tertiary/aromatic N) is 2. The summed E-state index contributed by atoms with van der Waals surface area (Å²) < 4.78 is 0. The van der Waals surface area contributed by atoms with Gasteiger partial charge >= 0.3 is 0 Å². The topological polar surface area (TPSA) is 23.6 Å². The third-order valence-electron chi connectivity index (χ3n) is 4.05. The molecule has 3 nitrogen and oxygen atoms in total. The molecule has 0 aromatic heterocycles. The van der Waals surface area contributed by atoms with Gasteiger partial charge in [-0.2, -0.15) is 0 Å². The highest BCUT2D eigenvalue weighted by Gasteiger charge is 2.40. The molecular formula is C14H18N2O. The van der Waals surface area contributed by atoms with Crippen molar-refractivity contribution in [2.75, 3.05) is 31.1 Å². The van der Waals surface area contributed by atoms with Crippen LogP contribution in [0.2, 0.25) is 0 Å². The molecule has 0 spiro atoms. The zero-order valence-electron chi connectivity index (χ0n) is 10.2. The number of hydrogen-bond donors (Lipinski definition) is 0. The Morgan fingerprint density at radius 2 is 1.65 bits per heavy atom. The molecule has 2 aliphatic heterocycles. The van der Waals surface area contributed by atoms with Crippen molar-refractivity contribution in [2.24, 2.45) is 11.8 Å². The first-order chi connectivity index (χ1) is 8.24. The molecule has 0 aliphatic carbocycles. The molecule has 3 rings (SSSR count). The van der Waals surface area contributed by atoms with Crippen molar-refractivity contribution in [3.05, 3.63) is 30.3 Å². The van der Waals surface area contributed by atoms with E-state index in [1.165, 1.54) is 5.69 Å². The van der Waals surface area contributed by atoms with E-state index in [1.54, 1.807) is 6.92 Å². The summed E-state index contributed by atoms with van der Waals surface area (Å²) in [7, 11) is 0. The van der Waals surface area contributed by atoms with Gasteiger partial charge in [-0.3, -0.25) is 4.79 Å². The third-order valence-corrected chi connectivity index (χ3v) is 4.05. The van der Waals surface area contributed by atoms with Crippen molar-refractivity contribution >= 4 is 11.6 Å². The predicted octanol–water partition coefficient (Wildman–Crippen LogP) is 1.60. The van der Waals surface area contributed by atoms with E-state index in [-0.39, 0.29) is 5.91 Å². The smallest absolute Gasteiger partial charge is 0.219 e. The molecule has 1 aromatic rings. The molecule has 0 saturated carbocycles. The van der Waals surface area contributed by atoms with Crippen LogP contribution >= 0.6 is 0 Å². The highest BCUT2D eigenvalue weighted by Crippen LogP contribution is 2.33. The van der Waals surface area contributed by atoms with Gasteiger partial charge in [0.05, 0.1) is 0 Å². The van der Waals surface area contributed by atoms with E-state index in [2.05, 4.69) is 35.2 Å². The Hall–Kier alpha value is -1.51. The maximum atomic E-state index is 11.3. The first-order valence-corrected chi connectivity index (χ1v) is 6.29. The van der Waals surface area contributed by atoms with Gasteiger partial charge in [0.2, 0.25) is 5.91 Å². The summed E-state index contributed by atoms with van der Waals surface area (Å²) in [6, 6.07) is 10.6. The van der Waals surface area contributed by atoms with E-state index >= 15 is 0 Å². The quantitative estimate of drug-likeness (QED) is 0.731. The largest absolute Gasteiger partial charge is 0.371 e. The van der Waals surface area contributed by atoms with Crippen molar-refractivity contribution in [1.29, 1.82) is 0 Å². The van der Waals surface area contributed by atoms with Crippen LogP contribution in [-0.4, -0.2) is 37.0 Å². The second-order valence-corrected chi connectivity index (χ2v) is 5.18. The Morgan fingerprint density at radius 3 is 2.18 bits per heavy atom. The number of hydrogen-bond acceptors (Lipinski definition) is 2. The Balaban J connectivity index is 1.68. The minimum atomic E-state index is 0.227. The lowest BCUT2D eigenvalue weighted by atomic mass is 10.0. The second-order valence-electron chi connectivity index (χ2n) is 5.18. The van der Waals surface area contributed by atoms with Crippen molar-refractivity contribution in [2.45, 2.75) is 6.92 Å². The molecule has 17 heavy (non-hydrogen) atoms. The molecule has 0 N–H and O–H groups in total. The minimum Gasteiger partial charge on any atom is -0.371 e. The molecule has 2 fully saturated rings. The van der Waals surface area contributed by atoms with E-state index < -0.39 is 0 Å². The zero-order chi connectivity index (χ0) is 11.8. The van der Waals surface area contributed by atoms with Crippen LogP contribution in [0.3, 0.4) is 0 Å². The van der Waals surface area contributed by atoms with Crippen LogP contribution in [0.5, 0.6) is 0 Å². The molecule has 2 unspecified atom stereocenters. The summed E-state index contributed by atoms with van der Waals surface area (Å²) in [6.07, 6.45) is 0. The van der Waals surface area contributed by atoms with Crippen molar-refractivity contribution in [3.63, 3.8) is 0 Å². The molecule has 1 aromatic carbocycles. The number of likely N-dealkylation sites (tertiary alicyclic amines) is 1. The first-order valence-electron chi connectivity index (χ1n) is 6.29. The lowest BCUT2D eigenvalue weighted by Gasteiger charge is -2.22. The Bertz CT molecular complexity index is 403. The van der Waals surface area contributed by atoms with Crippen LogP contribution in [0, 0.1) is 11.8 Å². The van der Waals surface area contributed by atoms with Crippen LogP contribution in [0.1, 0.15) is 6.92 Å². The van der Waals surface area contributed by atoms with Crippen molar-refractivity contribution in [1.82, 2.24) is 4.90 Å². The fraction of sp³-hybridized carbons (Fsp3) is 0.500. The molecule has 0 bridgehead atoms. The van der Waals surface area contributed by atoms with E-state index in [0.29, 0.717) is 11.8 Å². The average molecular weight is 230 g/mol. The van der Waals surface area contributed by atoms with E-state index in [9.17, 15) is 4.79 Å². The lowest BCUT2D eigenvalue weighted by Crippen LogP contribution is -2.31. The number of para-hydroxylation sites is 1. The summed E-state index contributed by atoms with van der Waals surface area (Å²) in [4.78, 5) is 15.8. The molecule has 90 valence electrons. The number of benzene rings is 1. The van der Waals surface area contributed by atoms with Crippen LogP contribution in [0.15, 0.2) is 30.3 Å². The summed E-state index contributed by atoms with van der Waals surface area (Å²) in [5.74, 6) is 1.56. The maximum Gasteiger partial charge on any atom is 0.219 e. The fourth-order valence-electron chi connectivity index (χ4n) is 3.10. The van der Waals surface area contributed by atoms with E-state index in [0.717, 1.165) is 26.2 Å². The molecule has 3 heteroatoms. The van der Waals surface area contributed by atoms with Gasteiger partial charge in [-0.05, 0) is 12.1 Å². The normalized spacial score (nSPS) is 27.4. The van der Waals surface area contributed by atoms with Crippen molar-refractivity contribution in [3.8, 4) is 0 Å². The summed E-state index contributed by atoms with van der Waals surface area (Å²) in [5, 5.41) is 0. The predicted molar refractivity (Wildman–Crippen MR) is 67.9 cm³/mol. The highest BCUT2D eigenvalue weighted by atomic mass is 16.2. The van der Waals surface area contributed by atoms with Gasteiger partial charge in [-0.25, -0.2) is 0 Å². The van der Waals surface area contributed by atoms with Crippen LogP contribution in [0.25, 0.3) is 0 Å². The Kier molecular flexibility index (Phi) is 2.54. The average Bonchev–Trinajstić information content (AvgIpc) is 2.87. The summed E-state index contributed by atoms with van der Waals surface area (Å²) >= 11 is 0. The molecule has 2 aliphatic rings. The van der Waals surface area contributed by atoms with Gasteiger partial charge in [0.15, 0.2) is 0 Å². The van der Waals surface area contributed by atoms with Gasteiger partial charge in [-0.15, -0.1) is 0 Å². The Labute approximate surface area is 102 Å².